The first-order chi connectivity index (χ1) is 14.1. The second-order valence-corrected chi connectivity index (χ2v) is 7.89. The number of pyridine rings is 1. The summed E-state index contributed by atoms with van der Waals surface area (Å²) < 4.78 is 11.9. The lowest BCUT2D eigenvalue weighted by molar-refractivity contribution is -0.0513. The molecule has 4 rings (SSSR count). The molecule has 6 heteroatoms. The number of fused-ring (bicyclic) bond motifs is 1. The Balaban J connectivity index is 1.35. The van der Waals surface area contributed by atoms with E-state index in [-0.39, 0.29) is 12.0 Å². The van der Waals surface area contributed by atoms with E-state index in [2.05, 4.69) is 53.0 Å². The molecule has 0 aliphatic carbocycles. The van der Waals surface area contributed by atoms with E-state index in [1.165, 1.54) is 5.39 Å². The minimum absolute atomic E-state index is 0.0157. The van der Waals surface area contributed by atoms with Gasteiger partial charge < -0.3 is 9.47 Å². The third-order valence-corrected chi connectivity index (χ3v) is 5.05. The first kappa shape index (κ1) is 19.7. The predicted molar refractivity (Wildman–Crippen MR) is 113 cm³/mol. The average Bonchev–Trinajstić information content (AvgIpc) is 2.72. The monoisotopic (exact) mass is 392 g/mol. The zero-order valence-corrected chi connectivity index (χ0v) is 17.3. The third-order valence-electron chi connectivity index (χ3n) is 5.05. The number of aromatic nitrogens is 3. The minimum atomic E-state index is 0.0157. The molecule has 0 bridgehead atoms. The van der Waals surface area contributed by atoms with E-state index >= 15 is 0 Å². The lowest BCUT2D eigenvalue weighted by atomic mass is 10.2. The van der Waals surface area contributed by atoms with E-state index in [0.717, 1.165) is 42.4 Å². The number of hydrogen-bond donors (Lipinski definition) is 0. The smallest absolute Gasteiger partial charge is 0.216 e. The van der Waals surface area contributed by atoms with Gasteiger partial charge in [0.15, 0.2) is 0 Å². The summed E-state index contributed by atoms with van der Waals surface area (Å²) in [4.78, 5) is 16.2. The van der Waals surface area contributed by atoms with Crippen molar-refractivity contribution in [3.05, 3.63) is 59.7 Å². The van der Waals surface area contributed by atoms with Gasteiger partial charge in [-0.1, -0.05) is 38.1 Å². The molecule has 0 spiro atoms. The summed E-state index contributed by atoms with van der Waals surface area (Å²) in [5.41, 5.74) is 3.05. The summed E-state index contributed by atoms with van der Waals surface area (Å²) in [5, 5.41) is 1.17. The maximum Gasteiger partial charge on any atom is 0.216 e. The lowest BCUT2D eigenvalue weighted by Gasteiger charge is -2.32. The highest BCUT2D eigenvalue weighted by molar-refractivity contribution is 5.78. The molecular formula is C23H28N4O2. The fourth-order valence-corrected chi connectivity index (χ4v) is 3.52. The molecule has 1 aromatic carbocycles. The van der Waals surface area contributed by atoms with Crippen molar-refractivity contribution in [2.75, 3.05) is 26.3 Å². The molecule has 1 atom stereocenters. The van der Waals surface area contributed by atoms with Gasteiger partial charge in [0.05, 0.1) is 17.8 Å². The van der Waals surface area contributed by atoms with E-state index < -0.39 is 0 Å². The Hall–Kier alpha value is -2.57. The van der Waals surface area contributed by atoms with Gasteiger partial charge in [-0.3, -0.25) is 9.88 Å². The van der Waals surface area contributed by atoms with E-state index in [0.29, 0.717) is 19.1 Å². The summed E-state index contributed by atoms with van der Waals surface area (Å²) in [5.74, 6) is 1.71. The summed E-state index contributed by atoms with van der Waals surface area (Å²) >= 11 is 0. The van der Waals surface area contributed by atoms with Crippen molar-refractivity contribution in [2.24, 2.45) is 0 Å². The number of para-hydroxylation sites is 1. The molecule has 1 unspecified atom stereocenters. The van der Waals surface area contributed by atoms with Crippen LogP contribution < -0.4 is 4.74 Å². The van der Waals surface area contributed by atoms with Crippen LogP contribution in [0.1, 0.15) is 37.0 Å². The van der Waals surface area contributed by atoms with Gasteiger partial charge >= 0.3 is 0 Å². The Morgan fingerprint density at radius 2 is 2.00 bits per heavy atom. The second kappa shape index (κ2) is 8.84. The van der Waals surface area contributed by atoms with Crippen LogP contribution in [0, 0.1) is 6.92 Å². The molecule has 1 fully saturated rings. The topological polar surface area (TPSA) is 60.4 Å². The van der Waals surface area contributed by atoms with E-state index in [9.17, 15) is 0 Å². The van der Waals surface area contributed by atoms with Gasteiger partial charge in [0.25, 0.3) is 0 Å². The van der Waals surface area contributed by atoms with Crippen LogP contribution in [0.3, 0.4) is 0 Å². The molecule has 2 aromatic heterocycles. The van der Waals surface area contributed by atoms with E-state index in [1.54, 1.807) is 0 Å². The molecule has 29 heavy (non-hydrogen) atoms. The van der Waals surface area contributed by atoms with E-state index in [1.807, 2.05) is 25.1 Å². The van der Waals surface area contributed by atoms with Crippen molar-refractivity contribution in [2.45, 2.75) is 39.3 Å². The maximum atomic E-state index is 5.95. The first-order valence-electron chi connectivity index (χ1n) is 10.2. The lowest BCUT2D eigenvalue weighted by Crippen LogP contribution is -2.44. The Morgan fingerprint density at radius 3 is 2.86 bits per heavy atom. The van der Waals surface area contributed by atoms with Crippen molar-refractivity contribution in [3.63, 3.8) is 0 Å². The molecule has 1 saturated heterocycles. The first-order valence-corrected chi connectivity index (χ1v) is 10.2. The summed E-state index contributed by atoms with van der Waals surface area (Å²) in [7, 11) is 0. The normalized spacial score (nSPS) is 17.7. The molecule has 0 saturated carbocycles. The number of aryl methyl sites for hydroxylation is 1. The second-order valence-electron chi connectivity index (χ2n) is 7.89. The Morgan fingerprint density at radius 1 is 1.14 bits per heavy atom. The Bertz CT molecular complexity index is 976. The predicted octanol–water partition coefficient (Wildman–Crippen LogP) is 3.74. The zero-order valence-electron chi connectivity index (χ0n) is 17.3. The average molecular weight is 393 g/mol. The highest BCUT2D eigenvalue weighted by Crippen LogP contribution is 2.17. The SMILES string of the molecule is Cc1cc(OCC2CN(Cc3ccc4ccccc4n3)CCO2)nc(C(C)C)n1. The van der Waals surface area contributed by atoms with Crippen molar-refractivity contribution < 1.29 is 9.47 Å². The van der Waals surface area contributed by atoms with Crippen LogP contribution in [0.5, 0.6) is 5.88 Å². The summed E-state index contributed by atoms with van der Waals surface area (Å²) in [6, 6.07) is 14.4. The van der Waals surface area contributed by atoms with Gasteiger partial charge in [-0.25, -0.2) is 4.98 Å². The highest BCUT2D eigenvalue weighted by Gasteiger charge is 2.22. The molecule has 0 amide bonds. The Labute approximate surface area is 171 Å². The number of benzene rings is 1. The summed E-state index contributed by atoms with van der Waals surface area (Å²) in [6.07, 6.45) is 0.0157. The van der Waals surface area contributed by atoms with Gasteiger partial charge in [0.1, 0.15) is 18.5 Å². The van der Waals surface area contributed by atoms with Crippen LogP contribution in [0.4, 0.5) is 0 Å². The molecule has 0 radical (unpaired) electrons. The van der Waals surface area contributed by atoms with Crippen molar-refractivity contribution in [1.82, 2.24) is 19.9 Å². The number of hydrogen-bond acceptors (Lipinski definition) is 6. The highest BCUT2D eigenvalue weighted by atomic mass is 16.5. The number of nitrogens with zero attached hydrogens (tertiary/aromatic N) is 4. The van der Waals surface area contributed by atoms with Crippen molar-refractivity contribution >= 4 is 10.9 Å². The van der Waals surface area contributed by atoms with Crippen LogP contribution in [-0.4, -0.2) is 52.3 Å². The van der Waals surface area contributed by atoms with Gasteiger partial charge in [0.2, 0.25) is 5.88 Å². The largest absolute Gasteiger partial charge is 0.475 e. The minimum Gasteiger partial charge on any atom is -0.475 e. The van der Waals surface area contributed by atoms with Crippen LogP contribution in [0.2, 0.25) is 0 Å². The maximum absolute atomic E-state index is 5.95. The van der Waals surface area contributed by atoms with Gasteiger partial charge in [-0.05, 0) is 19.1 Å². The fraction of sp³-hybridized carbons (Fsp3) is 0.435. The number of ether oxygens (including phenoxy) is 2. The quantitative estimate of drug-likeness (QED) is 0.637. The van der Waals surface area contributed by atoms with Gasteiger partial charge in [-0.15, -0.1) is 0 Å². The molecule has 0 N–H and O–H groups in total. The molecule has 3 heterocycles. The molecule has 1 aliphatic heterocycles. The standard InChI is InChI=1S/C23H28N4O2/c1-16(2)23-24-17(3)12-22(26-23)29-15-20-14-27(10-11-28-20)13-19-9-8-18-6-4-5-7-21(18)25-19/h4-9,12,16,20H,10-11,13-15H2,1-3H3. The van der Waals surface area contributed by atoms with Crippen LogP contribution in [-0.2, 0) is 11.3 Å². The summed E-state index contributed by atoms with van der Waals surface area (Å²) in [6.45, 7) is 9.84. The molecule has 1 aliphatic rings. The van der Waals surface area contributed by atoms with Gasteiger partial charge in [-0.2, -0.15) is 4.98 Å². The van der Waals surface area contributed by atoms with E-state index in [4.69, 9.17) is 14.5 Å². The molecule has 3 aromatic rings. The Kier molecular flexibility index (Phi) is 6.02. The zero-order chi connectivity index (χ0) is 20.2. The third kappa shape index (κ3) is 5.08. The molecule has 152 valence electrons. The van der Waals surface area contributed by atoms with Crippen LogP contribution in [0.25, 0.3) is 10.9 Å². The number of morpholine rings is 1. The fourth-order valence-electron chi connectivity index (χ4n) is 3.52. The van der Waals surface area contributed by atoms with Crippen molar-refractivity contribution in [3.8, 4) is 5.88 Å². The van der Waals surface area contributed by atoms with Crippen molar-refractivity contribution in [1.29, 1.82) is 0 Å². The van der Waals surface area contributed by atoms with Gasteiger partial charge in [0, 0.05) is 42.7 Å². The molecule has 6 nitrogen and oxygen atoms in total. The molecular weight excluding hydrogens is 364 g/mol. The van der Waals surface area contributed by atoms with Crippen LogP contribution in [0.15, 0.2) is 42.5 Å². The van der Waals surface area contributed by atoms with Crippen LogP contribution >= 0.6 is 0 Å². The number of rotatable bonds is 6.